The van der Waals surface area contributed by atoms with Crippen LogP contribution in [0, 0.1) is 5.92 Å². The zero-order valence-corrected chi connectivity index (χ0v) is 9.23. The Labute approximate surface area is 89.7 Å². The van der Waals surface area contributed by atoms with Crippen LogP contribution in [-0.2, 0) is 7.05 Å². The highest BCUT2D eigenvalue weighted by molar-refractivity contribution is 5.93. The Hall–Kier alpha value is -1.45. The summed E-state index contributed by atoms with van der Waals surface area (Å²) in [5, 5.41) is 0. The maximum Gasteiger partial charge on any atom is 0.270 e. The molecule has 0 aromatic carbocycles. The van der Waals surface area contributed by atoms with E-state index in [4.69, 9.17) is 5.73 Å². The lowest BCUT2D eigenvalue weighted by molar-refractivity contribution is 0.0779. The molecule has 1 aromatic rings. The molecule has 0 bridgehead atoms. The van der Waals surface area contributed by atoms with Crippen molar-refractivity contribution in [1.29, 1.82) is 0 Å². The summed E-state index contributed by atoms with van der Waals surface area (Å²) >= 11 is 0. The number of carbonyl (C=O) groups excluding carboxylic acids is 1. The van der Waals surface area contributed by atoms with Gasteiger partial charge in [-0.2, -0.15) is 0 Å². The number of aryl methyl sites for hydroxylation is 1. The van der Waals surface area contributed by atoms with Crippen LogP contribution in [0.2, 0.25) is 0 Å². The van der Waals surface area contributed by atoms with Crippen molar-refractivity contribution in [3.8, 4) is 0 Å². The number of rotatable bonds is 3. The third-order valence-corrected chi connectivity index (χ3v) is 2.82. The molecule has 1 saturated carbocycles. The van der Waals surface area contributed by atoms with E-state index in [1.807, 2.05) is 14.1 Å². The normalized spacial score (nSPS) is 15.3. The van der Waals surface area contributed by atoms with E-state index in [-0.39, 0.29) is 5.91 Å². The molecule has 1 amide bonds. The molecule has 0 radical (unpaired) electrons. The number of nitrogens with two attached hydrogens (primary N) is 1. The molecular weight excluding hydrogens is 190 g/mol. The summed E-state index contributed by atoms with van der Waals surface area (Å²) < 4.78 is 1.78. The second-order valence-electron chi connectivity index (χ2n) is 4.40. The lowest BCUT2D eigenvalue weighted by Gasteiger charge is -2.16. The van der Waals surface area contributed by atoms with E-state index < -0.39 is 0 Å². The molecule has 0 atom stereocenters. The summed E-state index contributed by atoms with van der Waals surface area (Å²) in [5.74, 6) is 0.776. The lowest BCUT2D eigenvalue weighted by Crippen LogP contribution is -2.30. The van der Waals surface area contributed by atoms with Gasteiger partial charge in [0.2, 0.25) is 0 Å². The third-order valence-electron chi connectivity index (χ3n) is 2.82. The monoisotopic (exact) mass is 207 g/mol. The van der Waals surface area contributed by atoms with Crippen LogP contribution in [-0.4, -0.2) is 29.0 Å². The van der Waals surface area contributed by atoms with Gasteiger partial charge in [-0.05, 0) is 24.8 Å². The minimum atomic E-state index is 0.0566. The Morgan fingerprint density at radius 3 is 2.80 bits per heavy atom. The topological polar surface area (TPSA) is 51.3 Å². The van der Waals surface area contributed by atoms with E-state index in [1.54, 1.807) is 21.7 Å². The summed E-state index contributed by atoms with van der Waals surface area (Å²) in [4.78, 5) is 13.8. The summed E-state index contributed by atoms with van der Waals surface area (Å²) in [6, 6.07) is 1.73. The second-order valence-corrected chi connectivity index (χ2v) is 4.40. The summed E-state index contributed by atoms with van der Waals surface area (Å²) in [6.45, 7) is 0.865. The van der Waals surface area contributed by atoms with E-state index in [1.165, 1.54) is 12.8 Å². The number of hydrogen-bond donors (Lipinski definition) is 1. The van der Waals surface area contributed by atoms with Crippen LogP contribution in [0.4, 0.5) is 5.69 Å². The van der Waals surface area contributed by atoms with E-state index >= 15 is 0 Å². The van der Waals surface area contributed by atoms with Gasteiger partial charge in [0, 0.05) is 26.8 Å². The predicted molar refractivity (Wildman–Crippen MR) is 59.5 cm³/mol. The van der Waals surface area contributed by atoms with Gasteiger partial charge in [0.05, 0.1) is 5.69 Å². The minimum absolute atomic E-state index is 0.0566. The van der Waals surface area contributed by atoms with Crippen LogP contribution >= 0.6 is 0 Å². The summed E-state index contributed by atoms with van der Waals surface area (Å²) in [7, 11) is 3.69. The van der Waals surface area contributed by atoms with Crippen molar-refractivity contribution in [2.75, 3.05) is 19.3 Å². The quantitative estimate of drug-likeness (QED) is 0.806. The number of anilines is 1. The fourth-order valence-corrected chi connectivity index (χ4v) is 1.77. The summed E-state index contributed by atoms with van der Waals surface area (Å²) in [5.41, 5.74) is 6.94. The van der Waals surface area contributed by atoms with Crippen molar-refractivity contribution in [3.05, 3.63) is 18.0 Å². The molecule has 1 heterocycles. The van der Waals surface area contributed by atoms with Crippen molar-refractivity contribution in [3.63, 3.8) is 0 Å². The molecule has 1 aliphatic rings. The number of nitrogens with zero attached hydrogens (tertiary/aromatic N) is 2. The molecule has 0 saturated heterocycles. The highest BCUT2D eigenvalue weighted by atomic mass is 16.2. The SMILES string of the molecule is CN(CC1CC1)C(=O)c1cc(N)cn1C. The van der Waals surface area contributed by atoms with Crippen LogP contribution in [0.1, 0.15) is 23.3 Å². The first-order chi connectivity index (χ1) is 7.08. The van der Waals surface area contributed by atoms with Crippen LogP contribution in [0.15, 0.2) is 12.3 Å². The van der Waals surface area contributed by atoms with Crippen LogP contribution < -0.4 is 5.73 Å². The highest BCUT2D eigenvalue weighted by Crippen LogP contribution is 2.29. The molecule has 2 N–H and O–H groups in total. The average Bonchev–Trinajstić information content (AvgIpc) is 2.90. The van der Waals surface area contributed by atoms with Crippen LogP contribution in [0.3, 0.4) is 0 Å². The van der Waals surface area contributed by atoms with Crippen molar-refractivity contribution in [2.45, 2.75) is 12.8 Å². The number of aromatic nitrogens is 1. The van der Waals surface area contributed by atoms with Gasteiger partial charge in [0.1, 0.15) is 5.69 Å². The third kappa shape index (κ3) is 2.14. The molecule has 15 heavy (non-hydrogen) atoms. The Morgan fingerprint density at radius 2 is 2.33 bits per heavy atom. The van der Waals surface area contributed by atoms with Gasteiger partial charge in [-0.25, -0.2) is 0 Å². The zero-order chi connectivity index (χ0) is 11.0. The van der Waals surface area contributed by atoms with Crippen molar-refractivity contribution < 1.29 is 4.79 Å². The predicted octanol–water partition coefficient (Wildman–Crippen LogP) is 1.09. The van der Waals surface area contributed by atoms with Gasteiger partial charge >= 0.3 is 0 Å². The standard InChI is InChI=1S/C11H17N3O/c1-13-7-9(12)5-10(13)11(15)14(2)6-8-3-4-8/h5,7-8H,3-4,6,12H2,1-2H3. The smallest absolute Gasteiger partial charge is 0.270 e. The molecule has 0 aliphatic heterocycles. The molecule has 0 spiro atoms. The fraction of sp³-hybridized carbons (Fsp3) is 0.545. The Morgan fingerprint density at radius 1 is 1.67 bits per heavy atom. The van der Waals surface area contributed by atoms with E-state index in [0.29, 0.717) is 11.4 Å². The number of hydrogen-bond acceptors (Lipinski definition) is 2. The number of nitrogen functional groups attached to an aromatic ring is 1. The maximum absolute atomic E-state index is 12.0. The average molecular weight is 207 g/mol. The maximum atomic E-state index is 12.0. The molecule has 1 fully saturated rings. The Balaban J connectivity index is 2.08. The molecule has 0 unspecified atom stereocenters. The van der Waals surface area contributed by atoms with Gasteiger partial charge < -0.3 is 15.2 Å². The van der Waals surface area contributed by atoms with Crippen molar-refractivity contribution >= 4 is 11.6 Å². The largest absolute Gasteiger partial charge is 0.397 e. The zero-order valence-electron chi connectivity index (χ0n) is 9.23. The number of carbonyl (C=O) groups is 1. The highest BCUT2D eigenvalue weighted by Gasteiger charge is 2.26. The van der Waals surface area contributed by atoms with Gasteiger partial charge in [0.25, 0.3) is 5.91 Å². The van der Waals surface area contributed by atoms with E-state index in [2.05, 4.69) is 0 Å². The molecule has 1 aliphatic carbocycles. The Kier molecular flexibility index (Phi) is 2.42. The molecule has 4 nitrogen and oxygen atoms in total. The summed E-state index contributed by atoms with van der Waals surface area (Å²) in [6.07, 6.45) is 4.28. The van der Waals surface area contributed by atoms with Crippen LogP contribution in [0.25, 0.3) is 0 Å². The van der Waals surface area contributed by atoms with Gasteiger partial charge in [-0.15, -0.1) is 0 Å². The van der Waals surface area contributed by atoms with E-state index in [0.717, 1.165) is 12.5 Å². The Bertz CT molecular complexity index is 379. The second kappa shape index (κ2) is 3.61. The molecule has 82 valence electrons. The van der Waals surface area contributed by atoms with Gasteiger partial charge in [-0.1, -0.05) is 0 Å². The van der Waals surface area contributed by atoms with Gasteiger partial charge in [-0.3, -0.25) is 4.79 Å². The first kappa shape index (κ1) is 10.1. The van der Waals surface area contributed by atoms with Crippen molar-refractivity contribution in [1.82, 2.24) is 9.47 Å². The first-order valence-corrected chi connectivity index (χ1v) is 5.25. The minimum Gasteiger partial charge on any atom is -0.397 e. The molecule has 2 rings (SSSR count). The van der Waals surface area contributed by atoms with Crippen LogP contribution in [0.5, 0.6) is 0 Å². The molecular formula is C11H17N3O. The molecule has 1 aromatic heterocycles. The molecule has 4 heteroatoms. The fourth-order valence-electron chi connectivity index (χ4n) is 1.77. The first-order valence-electron chi connectivity index (χ1n) is 5.25. The van der Waals surface area contributed by atoms with Crippen molar-refractivity contribution in [2.24, 2.45) is 13.0 Å². The lowest BCUT2D eigenvalue weighted by atomic mass is 10.3. The van der Waals surface area contributed by atoms with Gasteiger partial charge in [0.15, 0.2) is 0 Å². The number of amides is 1. The van der Waals surface area contributed by atoms with E-state index in [9.17, 15) is 4.79 Å².